The Labute approximate surface area is 154 Å². The van der Waals surface area contributed by atoms with Crippen molar-refractivity contribution in [3.05, 3.63) is 84.1 Å². The lowest BCUT2D eigenvalue weighted by atomic mass is 10.2. The van der Waals surface area contributed by atoms with Crippen molar-refractivity contribution in [3.63, 3.8) is 0 Å². The highest BCUT2D eigenvalue weighted by Gasteiger charge is 2.12. The molecule has 0 saturated carbocycles. The van der Waals surface area contributed by atoms with Gasteiger partial charge in [-0.05, 0) is 25.0 Å². The summed E-state index contributed by atoms with van der Waals surface area (Å²) in [6.07, 6.45) is 7.56. The van der Waals surface area contributed by atoms with Gasteiger partial charge in [0, 0.05) is 5.56 Å². The highest BCUT2D eigenvalue weighted by atomic mass is 16.5. The molecule has 0 fully saturated rings. The van der Waals surface area contributed by atoms with Crippen molar-refractivity contribution in [2.45, 2.75) is 19.8 Å². The topological polar surface area (TPSA) is 44.8 Å². The third-order valence-corrected chi connectivity index (χ3v) is 3.59. The smallest absolute Gasteiger partial charge is 0.341 e. The Balaban J connectivity index is 2.17. The average molecular weight is 352 g/mol. The Hall–Kier alpha value is -3.01. The molecular formula is C22H24O4. The van der Waals surface area contributed by atoms with Gasteiger partial charge in [-0.2, -0.15) is 0 Å². The molecule has 0 spiro atoms. The lowest BCUT2D eigenvalue weighted by Gasteiger charge is -2.11. The van der Waals surface area contributed by atoms with E-state index in [4.69, 9.17) is 14.2 Å². The maximum atomic E-state index is 11.9. The third kappa shape index (κ3) is 5.81. The molecule has 0 aliphatic heterocycles. The van der Waals surface area contributed by atoms with Crippen molar-refractivity contribution >= 4 is 11.7 Å². The molecular weight excluding hydrogens is 328 g/mol. The van der Waals surface area contributed by atoms with Crippen LogP contribution in [0.4, 0.5) is 0 Å². The van der Waals surface area contributed by atoms with E-state index in [1.165, 1.54) is 13.4 Å². The fourth-order valence-corrected chi connectivity index (χ4v) is 2.27. The molecule has 4 heteroatoms. The number of hydrogen-bond donors (Lipinski definition) is 0. The van der Waals surface area contributed by atoms with Gasteiger partial charge in [-0.25, -0.2) is 4.79 Å². The van der Waals surface area contributed by atoms with Gasteiger partial charge < -0.3 is 14.2 Å². The second kappa shape index (κ2) is 10.8. The Morgan fingerprint density at radius 2 is 1.73 bits per heavy atom. The average Bonchev–Trinajstić information content (AvgIpc) is 2.70. The molecule has 26 heavy (non-hydrogen) atoms. The monoisotopic (exact) mass is 352 g/mol. The van der Waals surface area contributed by atoms with Crippen LogP contribution in [0.1, 0.15) is 35.7 Å². The summed E-state index contributed by atoms with van der Waals surface area (Å²) in [5.74, 6) is 0.582. The van der Waals surface area contributed by atoms with Crippen LogP contribution in [-0.2, 0) is 9.47 Å². The molecule has 0 radical (unpaired) electrons. The number of esters is 1. The second-order valence-corrected chi connectivity index (χ2v) is 5.47. The summed E-state index contributed by atoms with van der Waals surface area (Å²) >= 11 is 0. The van der Waals surface area contributed by atoms with Crippen LogP contribution in [0.15, 0.2) is 73.0 Å². The van der Waals surface area contributed by atoms with Gasteiger partial charge in [0.05, 0.1) is 13.7 Å². The van der Waals surface area contributed by atoms with Crippen LogP contribution in [0.3, 0.4) is 0 Å². The molecule has 0 atom stereocenters. The Bertz CT molecular complexity index is 748. The van der Waals surface area contributed by atoms with Crippen LogP contribution in [0.5, 0.6) is 5.75 Å². The van der Waals surface area contributed by atoms with Crippen molar-refractivity contribution in [3.8, 4) is 5.75 Å². The molecule has 0 saturated heterocycles. The number of benzene rings is 2. The number of rotatable bonds is 9. The van der Waals surface area contributed by atoms with Crippen molar-refractivity contribution in [2.24, 2.45) is 0 Å². The minimum atomic E-state index is -0.444. The summed E-state index contributed by atoms with van der Waals surface area (Å²) in [7, 11) is 1.34. The highest BCUT2D eigenvalue weighted by molar-refractivity contribution is 5.92. The van der Waals surface area contributed by atoms with Crippen molar-refractivity contribution < 1.29 is 19.0 Å². The predicted octanol–water partition coefficient (Wildman–Crippen LogP) is 5.22. The summed E-state index contributed by atoms with van der Waals surface area (Å²) in [6.45, 7) is 2.64. The molecule has 2 rings (SSSR count). The van der Waals surface area contributed by atoms with Crippen molar-refractivity contribution in [1.82, 2.24) is 0 Å². The third-order valence-electron chi connectivity index (χ3n) is 3.59. The van der Waals surface area contributed by atoms with Crippen LogP contribution < -0.4 is 4.74 Å². The zero-order valence-corrected chi connectivity index (χ0v) is 15.2. The summed E-state index contributed by atoms with van der Waals surface area (Å²) in [5.41, 5.74) is 1.27. The predicted molar refractivity (Wildman–Crippen MR) is 103 cm³/mol. The van der Waals surface area contributed by atoms with E-state index in [1.54, 1.807) is 24.3 Å². The lowest BCUT2D eigenvalue weighted by molar-refractivity contribution is 0.0597. The molecule has 0 unspecified atom stereocenters. The van der Waals surface area contributed by atoms with Gasteiger partial charge in [0.2, 0.25) is 0 Å². The first-order valence-corrected chi connectivity index (χ1v) is 8.63. The van der Waals surface area contributed by atoms with Crippen molar-refractivity contribution in [1.29, 1.82) is 0 Å². The van der Waals surface area contributed by atoms with Crippen LogP contribution in [0.2, 0.25) is 0 Å². The molecule has 0 aliphatic carbocycles. The second-order valence-electron chi connectivity index (χ2n) is 5.47. The first kappa shape index (κ1) is 19.3. The number of carbonyl (C=O) groups excluding carboxylic acids is 1. The molecule has 0 heterocycles. The zero-order chi connectivity index (χ0) is 18.6. The molecule has 2 aromatic carbocycles. The molecule has 0 bridgehead atoms. The maximum absolute atomic E-state index is 11.9. The molecule has 0 amide bonds. The van der Waals surface area contributed by atoms with Gasteiger partial charge in [0.1, 0.15) is 17.6 Å². The molecule has 4 nitrogen and oxygen atoms in total. The number of para-hydroxylation sites is 1. The quantitative estimate of drug-likeness (QED) is 0.268. The van der Waals surface area contributed by atoms with Gasteiger partial charge in [0.15, 0.2) is 5.76 Å². The summed E-state index contributed by atoms with van der Waals surface area (Å²) in [5, 5.41) is 0. The fourth-order valence-electron chi connectivity index (χ4n) is 2.27. The SMILES string of the molecule is CC/C=C\CCOC(=COc1ccccc1C(=O)OC)c1ccccc1. The van der Waals surface area contributed by atoms with E-state index in [0.717, 1.165) is 18.4 Å². The molecule has 0 aliphatic rings. The van der Waals surface area contributed by atoms with E-state index in [9.17, 15) is 4.79 Å². The van der Waals surface area contributed by atoms with Crippen LogP contribution in [-0.4, -0.2) is 19.7 Å². The number of allylic oxidation sites excluding steroid dienone is 1. The molecule has 136 valence electrons. The minimum absolute atomic E-state index is 0.365. The Kier molecular flexibility index (Phi) is 8.00. The van der Waals surface area contributed by atoms with E-state index >= 15 is 0 Å². The minimum Gasteiger partial charge on any atom is -0.489 e. The fraction of sp³-hybridized carbons (Fsp3) is 0.227. The van der Waals surface area contributed by atoms with Crippen LogP contribution in [0, 0.1) is 0 Å². The maximum Gasteiger partial charge on any atom is 0.341 e. The highest BCUT2D eigenvalue weighted by Crippen LogP contribution is 2.22. The van der Waals surface area contributed by atoms with E-state index in [-0.39, 0.29) is 0 Å². The number of carbonyl (C=O) groups is 1. The molecule has 0 aromatic heterocycles. The van der Waals surface area contributed by atoms with Gasteiger partial charge >= 0.3 is 5.97 Å². The lowest BCUT2D eigenvalue weighted by Crippen LogP contribution is -2.04. The van der Waals surface area contributed by atoms with E-state index in [0.29, 0.717) is 23.7 Å². The molecule has 2 aromatic rings. The largest absolute Gasteiger partial charge is 0.489 e. The standard InChI is InChI=1S/C22H24O4/c1-3-4-5-11-16-25-21(18-12-7-6-8-13-18)17-26-20-15-10-9-14-19(20)22(23)24-2/h4-10,12-15,17H,3,11,16H2,1-2H3/b5-4-,21-17?. The van der Waals surface area contributed by atoms with E-state index in [2.05, 4.69) is 19.1 Å². The van der Waals surface area contributed by atoms with E-state index in [1.807, 2.05) is 30.3 Å². The van der Waals surface area contributed by atoms with Gasteiger partial charge in [-0.15, -0.1) is 0 Å². The van der Waals surface area contributed by atoms with E-state index < -0.39 is 5.97 Å². The van der Waals surface area contributed by atoms with Crippen LogP contribution in [0.25, 0.3) is 5.76 Å². The Morgan fingerprint density at radius 1 is 1.00 bits per heavy atom. The number of hydrogen-bond acceptors (Lipinski definition) is 4. The van der Waals surface area contributed by atoms with Crippen LogP contribution >= 0.6 is 0 Å². The first-order chi connectivity index (χ1) is 12.8. The number of ether oxygens (including phenoxy) is 3. The normalized spacial score (nSPS) is 11.4. The Morgan fingerprint density at radius 3 is 2.46 bits per heavy atom. The van der Waals surface area contributed by atoms with Gasteiger partial charge in [-0.3, -0.25) is 0 Å². The van der Waals surface area contributed by atoms with Gasteiger partial charge in [-0.1, -0.05) is 61.5 Å². The van der Waals surface area contributed by atoms with Crippen molar-refractivity contribution in [2.75, 3.05) is 13.7 Å². The number of methoxy groups -OCH3 is 1. The summed E-state index contributed by atoms with van der Waals surface area (Å²) < 4.78 is 16.4. The molecule has 0 N–H and O–H groups in total. The zero-order valence-electron chi connectivity index (χ0n) is 15.2. The summed E-state index contributed by atoms with van der Waals surface area (Å²) in [4.78, 5) is 11.9. The summed E-state index contributed by atoms with van der Waals surface area (Å²) in [6, 6.07) is 16.7. The van der Waals surface area contributed by atoms with Gasteiger partial charge in [0.25, 0.3) is 0 Å². The first-order valence-electron chi connectivity index (χ1n) is 8.63.